The lowest BCUT2D eigenvalue weighted by molar-refractivity contribution is 0.496. The minimum Gasteiger partial charge on any atom is -0.284 e. The molecule has 7 rings (SSSR count). The lowest BCUT2D eigenvalue weighted by atomic mass is 9.92. The highest BCUT2D eigenvalue weighted by Crippen LogP contribution is 2.47. The van der Waals surface area contributed by atoms with Crippen LogP contribution in [-0.2, 0) is 12.5 Å². The number of hydrogen-bond acceptors (Lipinski definition) is 8. The van der Waals surface area contributed by atoms with Gasteiger partial charge in [0.2, 0.25) is 0 Å². The molecule has 0 spiro atoms. The molecule has 5 heterocycles. The second kappa shape index (κ2) is 9.81. The number of hydrogen-bond donors (Lipinski definition) is 0. The Bertz CT molecular complexity index is 2250. The Labute approximate surface area is 259 Å². The second-order valence-corrected chi connectivity index (χ2v) is 13.2. The number of nitrogens with zero attached hydrogens (tertiary/aromatic N) is 7. The van der Waals surface area contributed by atoms with Crippen molar-refractivity contribution in [2.24, 2.45) is 7.05 Å². The zero-order valence-corrected chi connectivity index (χ0v) is 26.1. The Balaban J connectivity index is 1.64. The third kappa shape index (κ3) is 4.20. The summed E-state index contributed by atoms with van der Waals surface area (Å²) in [6, 6.07) is 3.85. The maximum Gasteiger partial charge on any atom is 0.188 e. The van der Waals surface area contributed by atoms with E-state index < -0.39 is 73.5 Å². The van der Waals surface area contributed by atoms with Gasteiger partial charge in [0.1, 0.15) is 37.9 Å². The number of benzene rings is 2. The van der Waals surface area contributed by atoms with Crippen molar-refractivity contribution in [2.75, 3.05) is 4.90 Å². The molecule has 0 amide bonds. The van der Waals surface area contributed by atoms with Gasteiger partial charge < -0.3 is 0 Å². The fourth-order valence-electron chi connectivity index (χ4n) is 5.27. The molecule has 0 aliphatic carbocycles. The summed E-state index contributed by atoms with van der Waals surface area (Å²) >= 11 is 1.85. The zero-order valence-electron chi connectivity index (χ0n) is 24.4. The van der Waals surface area contributed by atoms with E-state index in [-0.39, 0.29) is 15.5 Å². The molecule has 45 heavy (non-hydrogen) atoms. The van der Waals surface area contributed by atoms with Gasteiger partial charge in [0, 0.05) is 40.1 Å². The van der Waals surface area contributed by atoms with Crippen molar-refractivity contribution in [2.45, 2.75) is 40.0 Å². The highest BCUT2D eigenvalue weighted by Gasteiger charge is 2.36. The number of fused-ring (bicyclic) bond motifs is 4. The van der Waals surface area contributed by atoms with E-state index in [2.05, 4.69) is 23.8 Å². The van der Waals surface area contributed by atoms with Crippen LogP contribution in [0.1, 0.15) is 37.9 Å². The van der Waals surface area contributed by atoms with Crippen LogP contribution in [-0.4, -0.2) is 28.5 Å². The Kier molecular flexibility index (Phi) is 6.40. The van der Waals surface area contributed by atoms with Crippen LogP contribution < -0.4 is 4.90 Å². The molecule has 0 bridgehead atoms. The van der Waals surface area contributed by atoms with Crippen molar-refractivity contribution >= 4 is 82.5 Å². The molecule has 0 saturated heterocycles. The summed E-state index contributed by atoms with van der Waals surface area (Å²) in [5.41, 5.74) is -2.96. The summed E-state index contributed by atoms with van der Waals surface area (Å²) < 4.78 is 107. The van der Waals surface area contributed by atoms with Crippen molar-refractivity contribution in [1.82, 2.24) is 28.5 Å². The average molecular weight is 658 g/mol. The standard InChI is InChI=1S/C30H21F6N7S2/c1-10-12-7-14-18(31)26(22(35)20(33)24(14)37-28(12)44-40-10)43(17-9-16(30(3,4)5)39-42(17)6)27-19(32)15-8-13-11(2)41-45-29(13)38-25(15)21(34)23(27)36/h7-9H,1-6H3. The molecular weight excluding hydrogens is 637 g/mol. The molecule has 0 N–H and O–H groups in total. The van der Waals surface area contributed by atoms with E-state index in [0.717, 1.165) is 27.7 Å². The molecular formula is C30H21F6N7S2. The van der Waals surface area contributed by atoms with Gasteiger partial charge in [-0.3, -0.25) is 9.58 Å². The summed E-state index contributed by atoms with van der Waals surface area (Å²) in [4.78, 5) is 9.14. The van der Waals surface area contributed by atoms with Crippen LogP contribution in [0.4, 0.5) is 43.5 Å². The van der Waals surface area contributed by atoms with E-state index in [9.17, 15) is 0 Å². The van der Waals surface area contributed by atoms with Crippen LogP contribution in [0, 0.1) is 48.8 Å². The summed E-state index contributed by atoms with van der Waals surface area (Å²) in [6.45, 7) is 8.69. The molecule has 230 valence electrons. The van der Waals surface area contributed by atoms with E-state index in [1.165, 1.54) is 25.2 Å². The van der Waals surface area contributed by atoms with Gasteiger partial charge in [-0.2, -0.15) is 13.8 Å². The number of halogens is 6. The van der Waals surface area contributed by atoms with Crippen LogP contribution in [0.3, 0.4) is 0 Å². The second-order valence-electron chi connectivity index (χ2n) is 11.7. The lowest BCUT2D eigenvalue weighted by Crippen LogP contribution is -2.21. The van der Waals surface area contributed by atoms with Gasteiger partial charge >= 0.3 is 0 Å². The van der Waals surface area contributed by atoms with Gasteiger partial charge in [0.05, 0.1) is 17.1 Å². The number of rotatable bonds is 3. The Hall–Kier alpha value is -4.37. The molecule has 7 nitrogen and oxygen atoms in total. The summed E-state index contributed by atoms with van der Waals surface area (Å²) in [5.74, 6) is -9.75. The topological polar surface area (TPSA) is 72.6 Å². The van der Waals surface area contributed by atoms with Crippen LogP contribution in [0.25, 0.3) is 42.2 Å². The van der Waals surface area contributed by atoms with Gasteiger partial charge in [-0.05, 0) is 49.0 Å². The normalized spacial score (nSPS) is 12.4. The van der Waals surface area contributed by atoms with Crippen molar-refractivity contribution in [3.8, 4) is 0 Å². The molecule has 0 fully saturated rings. The van der Waals surface area contributed by atoms with Gasteiger partial charge in [0.15, 0.2) is 34.9 Å². The molecule has 0 saturated carbocycles. The van der Waals surface area contributed by atoms with Gasteiger partial charge in [-0.15, -0.1) is 0 Å². The zero-order chi connectivity index (χ0) is 32.3. The van der Waals surface area contributed by atoms with Gasteiger partial charge in [0.25, 0.3) is 0 Å². The minimum absolute atomic E-state index is 0.245. The summed E-state index contributed by atoms with van der Waals surface area (Å²) in [6.07, 6.45) is 0. The predicted octanol–water partition coefficient (Wildman–Crippen LogP) is 8.95. The maximum absolute atomic E-state index is 16.7. The highest BCUT2D eigenvalue weighted by atomic mass is 32.1. The van der Waals surface area contributed by atoms with E-state index in [1.807, 2.05) is 0 Å². The van der Waals surface area contributed by atoms with E-state index in [0.29, 0.717) is 32.8 Å². The quantitative estimate of drug-likeness (QED) is 0.140. The maximum atomic E-state index is 16.7. The number of aryl methyl sites for hydroxylation is 3. The molecule has 15 heteroatoms. The van der Waals surface area contributed by atoms with Gasteiger partial charge in [-0.1, -0.05) is 20.8 Å². The molecule has 0 aliphatic heterocycles. The lowest BCUT2D eigenvalue weighted by Gasteiger charge is -2.27. The first-order chi connectivity index (χ1) is 21.2. The molecule has 0 unspecified atom stereocenters. The molecule has 0 radical (unpaired) electrons. The Morgan fingerprint density at radius 2 is 1.09 bits per heavy atom. The predicted molar refractivity (Wildman–Crippen MR) is 163 cm³/mol. The molecule has 2 aromatic carbocycles. The first kappa shape index (κ1) is 29.3. The third-order valence-corrected chi connectivity index (χ3v) is 9.40. The number of aromatic nitrogens is 6. The average Bonchev–Trinajstić information content (AvgIpc) is 3.68. The Morgan fingerprint density at radius 1 is 0.644 bits per heavy atom. The molecule has 0 aliphatic rings. The molecule has 7 aromatic rings. The first-order valence-electron chi connectivity index (χ1n) is 13.5. The number of pyridine rings is 2. The SMILES string of the molecule is Cc1nsc2nc3c(F)c(F)c(N(c4c(F)c(F)c5nc6snc(C)c6cc5c4F)c4cc(C(C)(C)C)nn4C)c(F)c3cc12. The van der Waals surface area contributed by atoms with Crippen LogP contribution in [0.15, 0.2) is 18.2 Å². The molecule has 5 aromatic heterocycles. The van der Waals surface area contributed by atoms with Crippen LogP contribution in [0.2, 0.25) is 0 Å². The number of anilines is 3. The van der Waals surface area contributed by atoms with Crippen molar-refractivity contribution in [3.63, 3.8) is 0 Å². The largest absolute Gasteiger partial charge is 0.284 e. The summed E-state index contributed by atoms with van der Waals surface area (Å²) in [5, 5.41) is 4.23. The Morgan fingerprint density at radius 3 is 1.49 bits per heavy atom. The van der Waals surface area contributed by atoms with Crippen molar-refractivity contribution in [1.29, 1.82) is 0 Å². The minimum atomic E-state index is -1.79. The van der Waals surface area contributed by atoms with Gasteiger partial charge in [-0.25, -0.2) is 36.3 Å². The monoisotopic (exact) mass is 657 g/mol. The van der Waals surface area contributed by atoms with Crippen LogP contribution >= 0.6 is 23.1 Å². The van der Waals surface area contributed by atoms with Crippen molar-refractivity contribution < 1.29 is 26.3 Å². The first-order valence-corrected chi connectivity index (χ1v) is 15.0. The summed E-state index contributed by atoms with van der Waals surface area (Å²) in [7, 11) is 1.38. The van der Waals surface area contributed by atoms with Crippen molar-refractivity contribution in [3.05, 3.63) is 70.2 Å². The smallest absolute Gasteiger partial charge is 0.188 e. The van der Waals surface area contributed by atoms with Crippen LogP contribution in [0.5, 0.6) is 0 Å². The fraction of sp³-hybridized carbons (Fsp3) is 0.233. The fourth-order valence-corrected chi connectivity index (χ4v) is 6.79. The van der Waals surface area contributed by atoms with E-state index >= 15 is 26.3 Å². The molecule has 0 atom stereocenters. The highest BCUT2D eigenvalue weighted by molar-refractivity contribution is 7.13. The third-order valence-electron chi connectivity index (χ3n) is 7.70. The van der Waals surface area contributed by atoms with E-state index in [1.54, 1.807) is 34.6 Å². The van der Waals surface area contributed by atoms with E-state index in [4.69, 9.17) is 0 Å².